The van der Waals surface area contributed by atoms with E-state index in [1.54, 1.807) is 41.0 Å². The van der Waals surface area contributed by atoms with Gasteiger partial charge in [0.15, 0.2) is 5.13 Å². The van der Waals surface area contributed by atoms with Gasteiger partial charge in [0, 0.05) is 30.0 Å². The van der Waals surface area contributed by atoms with Crippen LogP contribution in [0.15, 0.2) is 64.2 Å². The van der Waals surface area contributed by atoms with Crippen LogP contribution < -0.4 is 14.9 Å². The first kappa shape index (κ1) is 20.9. The largest absolute Gasteiger partial charge is 0.348 e. The van der Waals surface area contributed by atoms with Gasteiger partial charge in [-0.2, -0.15) is 0 Å². The van der Waals surface area contributed by atoms with Crippen LogP contribution in [0.5, 0.6) is 0 Å². The highest BCUT2D eigenvalue weighted by atomic mass is 32.2. The highest BCUT2D eigenvalue weighted by Gasteiger charge is 2.18. The van der Waals surface area contributed by atoms with Gasteiger partial charge < -0.3 is 10.2 Å². The van der Waals surface area contributed by atoms with Crippen LogP contribution in [0.4, 0.5) is 16.5 Å². The van der Waals surface area contributed by atoms with Crippen molar-refractivity contribution in [3.8, 4) is 0 Å². The van der Waals surface area contributed by atoms with Gasteiger partial charge in [-0.1, -0.05) is 23.5 Å². The summed E-state index contributed by atoms with van der Waals surface area (Å²) in [4.78, 5) is 19.8. The summed E-state index contributed by atoms with van der Waals surface area (Å²) in [5, 5.41) is 5.62. The molecular weight excluding hydrogens is 464 g/mol. The van der Waals surface area contributed by atoms with Gasteiger partial charge in [-0.05, 0) is 60.7 Å². The Kier molecular flexibility index (Phi) is 5.58. The third kappa shape index (κ3) is 4.34. The number of amides is 1. The number of thiazole rings is 1. The fraction of sp³-hybridized carbons (Fsp3) is 0.182. The Balaban J connectivity index is 1.32. The number of carbonyl (C=O) groups is 1. The fourth-order valence-corrected chi connectivity index (χ4v) is 6.68. The number of fused-ring (bicyclic) bond motifs is 1. The van der Waals surface area contributed by atoms with E-state index in [1.807, 2.05) is 18.2 Å². The Bertz CT molecular complexity index is 1370. The van der Waals surface area contributed by atoms with Crippen molar-refractivity contribution in [1.82, 2.24) is 4.98 Å². The molecule has 5 rings (SSSR count). The number of carbonyl (C=O) groups excluding carboxylic acids is 1. The van der Waals surface area contributed by atoms with Crippen molar-refractivity contribution in [3.63, 3.8) is 0 Å². The first-order valence-electron chi connectivity index (χ1n) is 10.1. The minimum atomic E-state index is -3.67. The quantitative estimate of drug-likeness (QED) is 0.401. The summed E-state index contributed by atoms with van der Waals surface area (Å²) >= 11 is 2.76. The van der Waals surface area contributed by atoms with Crippen molar-refractivity contribution in [3.05, 3.63) is 65.5 Å². The first-order chi connectivity index (χ1) is 15.5. The van der Waals surface area contributed by atoms with E-state index in [-0.39, 0.29) is 10.1 Å². The van der Waals surface area contributed by atoms with Gasteiger partial charge in [0.25, 0.3) is 15.9 Å². The van der Waals surface area contributed by atoms with E-state index in [1.165, 1.54) is 25.0 Å². The molecule has 1 fully saturated rings. The third-order valence-corrected chi connectivity index (χ3v) is 9.01. The Labute approximate surface area is 193 Å². The Morgan fingerprint density at radius 1 is 1.00 bits per heavy atom. The summed E-state index contributed by atoms with van der Waals surface area (Å²) < 4.78 is 28.7. The Hall–Kier alpha value is -2.95. The summed E-state index contributed by atoms with van der Waals surface area (Å²) in [6, 6.07) is 15.3. The van der Waals surface area contributed by atoms with Crippen LogP contribution in [0.2, 0.25) is 0 Å². The number of hydrogen-bond acceptors (Lipinski definition) is 7. The molecule has 0 saturated carbocycles. The second-order valence-electron chi connectivity index (χ2n) is 7.45. The molecule has 1 saturated heterocycles. The number of nitrogens with zero attached hydrogens (tertiary/aromatic N) is 2. The van der Waals surface area contributed by atoms with E-state index in [9.17, 15) is 13.2 Å². The maximum absolute atomic E-state index is 12.8. The number of thiophene rings is 1. The maximum atomic E-state index is 12.8. The number of benzene rings is 2. The van der Waals surface area contributed by atoms with Crippen LogP contribution in [0.1, 0.15) is 23.2 Å². The van der Waals surface area contributed by atoms with Gasteiger partial charge in [0.1, 0.15) is 4.21 Å². The first-order valence-corrected chi connectivity index (χ1v) is 13.3. The molecule has 7 nitrogen and oxygen atoms in total. The van der Waals surface area contributed by atoms with Crippen LogP contribution in [0.3, 0.4) is 0 Å². The number of rotatable bonds is 6. The van der Waals surface area contributed by atoms with Crippen LogP contribution in [-0.4, -0.2) is 32.4 Å². The van der Waals surface area contributed by atoms with Gasteiger partial charge in [0.2, 0.25) is 0 Å². The minimum Gasteiger partial charge on any atom is -0.348 e. The van der Waals surface area contributed by atoms with Crippen molar-refractivity contribution in [2.75, 3.05) is 28.0 Å². The summed E-state index contributed by atoms with van der Waals surface area (Å²) in [6.07, 6.45) is 2.39. The maximum Gasteiger partial charge on any atom is 0.271 e. The number of nitrogens with one attached hydrogen (secondary N) is 2. The lowest BCUT2D eigenvalue weighted by Gasteiger charge is -2.11. The topological polar surface area (TPSA) is 91.4 Å². The molecule has 3 heterocycles. The van der Waals surface area contributed by atoms with E-state index in [0.29, 0.717) is 16.9 Å². The van der Waals surface area contributed by atoms with Crippen LogP contribution in [0, 0.1) is 0 Å². The second-order valence-corrected chi connectivity index (χ2v) is 11.3. The lowest BCUT2D eigenvalue weighted by atomic mass is 10.2. The van der Waals surface area contributed by atoms with Crippen molar-refractivity contribution >= 4 is 65.3 Å². The summed E-state index contributed by atoms with van der Waals surface area (Å²) in [6.45, 7) is 2.08. The molecule has 0 spiro atoms. The van der Waals surface area contributed by atoms with Crippen molar-refractivity contribution in [1.29, 1.82) is 0 Å². The van der Waals surface area contributed by atoms with Crippen molar-refractivity contribution in [2.24, 2.45) is 0 Å². The fourth-order valence-electron chi connectivity index (χ4n) is 3.58. The number of aromatic nitrogens is 1. The van der Waals surface area contributed by atoms with Crippen LogP contribution in [0.25, 0.3) is 10.2 Å². The van der Waals surface area contributed by atoms with Gasteiger partial charge in [-0.3, -0.25) is 9.52 Å². The molecule has 2 aromatic heterocycles. The molecule has 1 aliphatic rings. The summed E-state index contributed by atoms with van der Waals surface area (Å²) in [7, 11) is -3.67. The van der Waals surface area contributed by atoms with E-state index >= 15 is 0 Å². The Morgan fingerprint density at radius 3 is 2.62 bits per heavy atom. The average molecular weight is 485 g/mol. The monoisotopic (exact) mass is 484 g/mol. The molecule has 0 atom stereocenters. The molecule has 32 heavy (non-hydrogen) atoms. The second kappa shape index (κ2) is 8.53. The predicted octanol–water partition coefficient (Wildman–Crippen LogP) is 5.01. The van der Waals surface area contributed by atoms with E-state index in [2.05, 4.69) is 14.9 Å². The molecule has 0 aliphatic carbocycles. The molecule has 0 bridgehead atoms. The Morgan fingerprint density at radius 2 is 1.84 bits per heavy atom. The molecule has 10 heteroatoms. The normalized spacial score (nSPS) is 14.1. The molecule has 164 valence electrons. The van der Waals surface area contributed by atoms with Gasteiger partial charge in [-0.15, -0.1) is 11.3 Å². The molecule has 0 unspecified atom stereocenters. The number of anilines is 3. The summed E-state index contributed by atoms with van der Waals surface area (Å²) in [5.41, 5.74) is 2.28. The molecule has 0 radical (unpaired) electrons. The summed E-state index contributed by atoms with van der Waals surface area (Å²) in [5.74, 6) is -0.314. The molecule has 1 amide bonds. The lowest BCUT2D eigenvalue weighted by molar-refractivity contribution is 0.102. The van der Waals surface area contributed by atoms with Crippen LogP contribution in [-0.2, 0) is 10.0 Å². The number of hydrogen-bond donors (Lipinski definition) is 2. The van der Waals surface area contributed by atoms with Gasteiger partial charge >= 0.3 is 0 Å². The predicted molar refractivity (Wildman–Crippen MR) is 131 cm³/mol. The van der Waals surface area contributed by atoms with Gasteiger partial charge in [-0.25, -0.2) is 13.4 Å². The average Bonchev–Trinajstić information content (AvgIpc) is 3.54. The van der Waals surface area contributed by atoms with E-state index in [0.717, 1.165) is 39.8 Å². The molecule has 2 N–H and O–H groups in total. The smallest absolute Gasteiger partial charge is 0.271 e. The molecule has 2 aromatic carbocycles. The number of sulfonamides is 1. The van der Waals surface area contributed by atoms with Crippen LogP contribution >= 0.6 is 22.7 Å². The van der Waals surface area contributed by atoms with Gasteiger partial charge in [0.05, 0.1) is 10.2 Å². The highest BCUT2D eigenvalue weighted by Crippen LogP contribution is 2.32. The molecule has 1 aliphatic heterocycles. The van der Waals surface area contributed by atoms with E-state index in [4.69, 9.17) is 4.98 Å². The third-order valence-electron chi connectivity index (χ3n) is 5.15. The zero-order chi connectivity index (χ0) is 22.1. The standard InChI is InChI=1S/C22H20N4O3S3/c27-21(15-5-3-6-17(13-15)25-32(28,29)20-7-4-12-30-20)23-16-8-9-18-19(14-16)31-22(24-18)26-10-1-2-11-26/h3-9,12-14,25H,1-2,10-11H2,(H,23,27). The van der Waals surface area contributed by atoms with Crippen molar-refractivity contribution < 1.29 is 13.2 Å². The molecular formula is C22H20N4O3S3. The SMILES string of the molecule is O=C(Nc1ccc2nc(N3CCCC3)sc2c1)c1cccc(NS(=O)(=O)c2cccs2)c1. The zero-order valence-electron chi connectivity index (χ0n) is 16.9. The minimum absolute atomic E-state index is 0.221. The lowest BCUT2D eigenvalue weighted by Crippen LogP contribution is -2.16. The van der Waals surface area contributed by atoms with Crippen molar-refractivity contribution in [2.45, 2.75) is 17.1 Å². The molecule has 4 aromatic rings. The van der Waals surface area contributed by atoms with E-state index < -0.39 is 10.0 Å². The highest BCUT2D eigenvalue weighted by molar-refractivity contribution is 7.94. The zero-order valence-corrected chi connectivity index (χ0v) is 19.4.